The van der Waals surface area contributed by atoms with Gasteiger partial charge in [0.2, 0.25) is 15.9 Å². The number of hydrogen-bond acceptors (Lipinski definition) is 3. The molecule has 1 aromatic carbocycles. The van der Waals surface area contributed by atoms with Crippen LogP contribution in [0.5, 0.6) is 0 Å². The molecule has 23 heavy (non-hydrogen) atoms. The fourth-order valence-corrected chi connectivity index (χ4v) is 4.82. The third-order valence-corrected chi connectivity index (χ3v) is 6.41. The first-order chi connectivity index (χ1) is 10.7. The van der Waals surface area contributed by atoms with Gasteiger partial charge in [-0.25, -0.2) is 12.7 Å². The van der Waals surface area contributed by atoms with Gasteiger partial charge in [-0.3, -0.25) is 4.79 Å². The molecule has 0 aliphatic carbocycles. The monoisotopic (exact) mass is 378 g/mol. The Bertz CT molecular complexity index is 684. The van der Waals surface area contributed by atoms with Gasteiger partial charge in [0, 0.05) is 43.1 Å². The van der Waals surface area contributed by atoms with E-state index in [0.29, 0.717) is 41.5 Å². The van der Waals surface area contributed by atoms with Crippen LogP contribution in [-0.4, -0.2) is 50.7 Å². The van der Waals surface area contributed by atoms with Gasteiger partial charge in [0.15, 0.2) is 0 Å². The van der Waals surface area contributed by atoms with E-state index in [-0.39, 0.29) is 17.6 Å². The third kappa shape index (κ3) is 4.59. The molecular formula is C15H20Cl2N2O3S. The molecule has 0 radical (unpaired) electrons. The van der Waals surface area contributed by atoms with Crippen LogP contribution < -0.4 is 0 Å². The lowest BCUT2D eigenvalue weighted by Crippen LogP contribution is -2.43. The molecule has 1 aliphatic heterocycles. The molecule has 1 aromatic rings. The summed E-state index contributed by atoms with van der Waals surface area (Å²) in [5, 5.41) is 0.818. The van der Waals surface area contributed by atoms with Gasteiger partial charge in [0.05, 0.1) is 5.75 Å². The fourth-order valence-electron chi connectivity index (χ4n) is 2.67. The maximum Gasteiger partial charge on any atom is 0.225 e. The third-order valence-electron chi connectivity index (χ3n) is 3.99. The second-order valence-corrected chi connectivity index (χ2v) is 8.71. The highest BCUT2D eigenvalue weighted by Crippen LogP contribution is 2.26. The van der Waals surface area contributed by atoms with Crippen LogP contribution in [-0.2, 0) is 20.6 Å². The number of nitrogens with zero attached hydrogens (tertiary/aromatic N) is 2. The van der Waals surface area contributed by atoms with E-state index in [9.17, 15) is 13.2 Å². The molecule has 1 saturated heterocycles. The number of rotatable bonds is 4. The van der Waals surface area contributed by atoms with Crippen LogP contribution in [0.1, 0.15) is 18.4 Å². The standard InChI is InChI=1S/C15H20Cl2N2O3S/c1-18(2)15(20)11-5-7-19(8-6-11)23(21,22)10-12-3-4-13(16)9-14(12)17/h3-4,9,11H,5-8,10H2,1-2H3. The van der Waals surface area contributed by atoms with E-state index in [4.69, 9.17) is 23.2 Å². The van der Waals surface area contributed by atoms with E-state index in [2.05, 4.69) is 0 Å². The first-order valence-electron chi connectivity index (χ1n) is 7.33. The lowest BCUT2D eigenvalue weighted by Gasteiger charge is -2.31. The predicted molar refractivity (Wildman–Crippen MR) is 92.1 cm³/mol. The molecule has 128 valence electrons. The summed E-state index contributed by atoms with van der Waals surface area (Å²) in [6, 6.07) is 4.79. The molecule has 0 atom stereocenters. The van der Waals surface area contributed by atoms with Gasteiger partial charge in [0.25, 0.3) is 0 Å². The minimum atomic E-state index is -3.46. The van der Waals surface area contributed by atoms with Gasteiger partial charge in [-0.2, -0.15) is 0 Å². The van der Waals surface area contributed by atoms with Crippen LogP contribution in [0.2, 0.25) is 10.0 Å². The highest BCUT2D eigenvalue weighted by molar-refractivity contribution is 7.88. The van der Waals surface area contributed by atoms with Crippen molar-refractivity contribution in [3.63, 3.8) is 0 Å². The summed E-state index contributed by atoms with van der Waals surface area (Å²) < 4.78 is 26.5. The molecule has 0 N–H and O–H groups in total. The maximum atomic E-state index is 12.5. The summed E-state index contributed by atoms with van der Waals surface area (Å²) in [6.45, 7) is 0.718. The fraction of sp³-hybridized carbons (Fsp3) is 0.533. The Morgan fingerprint density at radius 1 is 1.26 bits per heavy atom. The molecule has 0 bridgehead atoms. The minimum absolute atomic E-state index is 0.0581. The van der Waals surface area contributed by atoms with E-state index in [0.717, 1.165) is 0 Å². The van der Waals surface area contributed by atoms with Gasteiger partial charge < -0.3 is 4.90 Å². The molecule has 2 rings (SSSR count). The number of amides is 1. The van der Waals surface area contributed by atoms with Crippen molar-refractivity contribution in [2.24, 2.45) is 5.92 Å². The summed E-state index contributed by atoms with van der Waals surface area (Å²) in [4.78, 5) is 13.5. The summed E-state index contributed by atoms with van der Waals surface area (Å²) in [7, 11) is -0.0277. The lowest BCUT2D eigenvalue weighted by atomic mass is 9.97. The highest BCUT2D eigenvalue weighted by atomic mass is 35.5. The molecule has 1 amide bonds. The Morgan fingerprint density at radius 3 is 2.39 bits per heavy atom. The molecule has 0 spiro atoms. The molecule has 0 saturated carbocycles. The molecule has 1 fully saturated rings. The summed E-state index contributed by atoms with van der Waals surface area (Å²) in [5.41, 5.74) is 0.530. The number of piperidine rings is 1. The van der Waals surface area contributed by atoms with E-state index < -0.39 is 10.0 Å². The average Bonchev–Trinajstić information content (AvgIpc) is 2.49. The lowest BCUT2D eigenvalue weighted by molar-refractivity contribution is -0.134. The maximum absolute atomic E-state index is 12.5. The average molecular weight is 379 g/mol. The van der Waals surface area contributed by atoms with Crippen LogP contribution in [0.15, 0.2) is 18.2 Å². The summed E-state index contributed by atoms with van der Waals surface area (Å²) in [6.07, 6.45) is 1.09. The number of carbonyl (C=O) groups excluding carboxylic acids is 1. The second-order valence-electron chi connectivity index (χ2n) is 5.90. The van der Waals surface area contributed by atoms with Crippen molar-refractivity contribution < 1.29 is 13.2 Å². The number of halogens is 2. The molecule has 8 heteroatoms. The normalized spacial score (nSPS) is 17.2. The highest BCUT2D eigenvalue weighted by Gasteiger charge is 2.32. The van der Waals surface area contributed by atoms with E-state index in [1.807, 2.05) is 0 Å². The second kappa shape index (κ2) is 7.38. The Morgan fingerprint density at radius 2 is 1.87 bits per heavy atom. The predicted octanol–water partition coefficient (Wildman–Crippen LogP) is 2.62. The van der Waals surface area contributed by atoms with E-state index in [1.54, 1.807) is 31.1 Å². The first-order valence-corrected chi connectivity index (χ1v) is 9.70. The van der Waals surface area contributed by atoms with Gasteiger partial charge in [-0.1, -0.05) is 29.3 Å². The van der Waals surface area contributed by atoms with E-state index in [1.165, 1.54) is 10.4 Å². The molecule has 5 nitrogen and oxygen atoms in total. The van der Waals surface area contributed by atoms with Crippen molar-refractivity contribution in [1.29, 1.82) is 0 Å². The Labute approximate surface area is 147 Å². The molecule has 1 heterocycles. The van der Waals surface area contributed by atoms with Gasteiger partial charge in [-0.05, 0) is 30.5 Å². The van der Waals surface area contributed by atoms with Crippen molar-refractivity contribution in [3.05, 3.63) is 33.8 Å². The van der Waals surface area contributed by atoms with Gasteiger partial charge >= 0.3 is 0 Å². The van der Waals surface area contributed by atoms with Crippen molar-refractivity contribution in [3.8, 4) is 0 Å². The van der Waals surface area contributed by atoms with Crippen molar-refractivity contribution in [2.45, 2.75) is 18.6 Å². The zero-order chi connectivity index (χ0) is 17.2. The Hall–Kier alpha value is -0.820. The number of carbonyl (C=O) groups is 1. The number of hydrogen-bond donors (Lipinski definition) is 0. The Balaban J connectivity index is 2.03. The largest absolute Gasteiger partial charge is 0.349 e. The Kier molecular flexibility index (Phi) is 5.94. The summed E-state index contributed by atoms with van der Waals surface area (Å²) >= 11 is 11.9. The van der Waals surface area contributed by atoms with Crippen LogP contribution in [0, 0.1) is 5.92 Å². The number of sulfonamides is 1. The number of benzene rings is 1. The SMILES string of the molecule is CN(C)C(=O)C1CCN(S(=O)(=O)Cc2ccc(Cl)cc2Cl)CC1. The van der Waals surface area contributed by atoms with Crippen LogP contribution in [0.3, 0.4) is 0 Å². The quantitative estimate of drug-likeness (QED) is 0.808. The van der Waals surface area contributed by atoms with E-state index >= 15 is 0 Å². The first kappa shape index (κ1) is 18.5. The van der Waals surface area contributed by atoms with Gasteiger partial charge in [0.1, 0.15) is 0 Å². The van der Waals surface area contributed by atoms with Crippen LogP contribution in [0.25, 0.3) is 0 Å². The topological polar surface area (TPSA) is 57.7 Å². The zero-order valence-corrected chi connectivity index (χ0v) is 15.5. The molecule has 0 unspecified atom stereocenters. The van der Waals surface area contributed by atoms with Crippen LogP contribution >= 0.6 is 23.2 Å². The van der Waals surface area contributed by atoms with Crippen LogP contribution in [0.4, 0.5) is 0 Å². The van der Waals surface area contributed by atoms with Gasteiger partial charge in [-0.15, -0.1) is 0 Å². The van der Waals surface area contributed by atoms with Crippen molar-refractivity contribution in [2.75, 3.05) is 27.2 Å². The van der Waals surface area contributed by atoms with Crippen molar-refractivity contribution in [1.82, 2.24) is 9.21 Å². The minimum Gasteiger partial charge on any atom is -0.349 e. The molecular weight excluding hydrogens is 359 g/mol. The smallest absolute Gasteiger partial charge is 0.225 e. The molecule has 0 aromatic heterocycles. The van der Waals surface area contributed by atoms with Crippen molar-refractivity contribution >= 4 is 39.1 Å². The zero-order valence-electron chi connectivity index (χ0n) is 13.1. The summed E-state index contributed by atoms with van der Waals surface area (Å²) in [5.74, 6) is -0.201. The molecule has 1 aliphatic rings.